The van der Waals surface area contributed by atoms with Crippen molar-refractivity contribution in [2.24, 2.45) is 5.41 Å². The number of rotatable bonds is 5. The fourth-order valence-electron chi connectivity index (χ4n) is 4.20. The molecule has 0 amide bonds. The molecule has 190 valence electrons. The molecule has 4 aromatic carbocycles. The largest absolute Gasteiger partial charge is 0.381 e. The molecule has 0 fully saturated rings. The van der Waals surface area contributed by atoms with E-state index in [1.807, 2.05) is 43.3 Å². The van der Waals surface area contributed by atoms with Crippen molar-refractivity contribution in [3.63, 3.8) is 0 Å². The second kappa shape index (κ2) is 11.5. The van der Waals surface area contributed by atoms with Crippen LogP contribution in [0.15, 0.2) is 91.0 Å². The van der Waals surface area contributed by atoms with Crippen LogP contribution in [0.5, 0.6) is 0 Å². The van der Waals surface area contributed by atoms with Crippen LogP contribution >= 0.6 is 23.2 Å². The third-order valence-electron chi connectivity index (χ3n) is 5.88. The topological polar surface area (TPSA) is 31.2 Å². The second-order valence-corrected chi connectivity index (χ2v) is 10.9. The van der Waals surface area contributed by atoms with E-state index in [9.17, 15) is 4.79 Å². The average molecular weight is 533 g/mol. The van der Waals surface area contributed by atoms with Crippen LogP contribution in [-0.4, -0.2) is 23.6 Å². The fraction of sp³-hybridized carbons (Fsp3) is 0.219. The van der Waals surface area contributed by atoms with Gasteiger partial charge in [0, 0.05) is 39.2 Å². The van der Waals surface area contributed by atoms with E-state index in [2.05, 4.69) is 61.7 Å². The Hall–Kier alpha value is -3.11. The monoisotopic (exact) mass is 531 g/mol. The van der Waals surface area contributed by atoms with Gasteiger partial charge in [-0.1, -0.05) is 80.4 Å². The Morgan fingerprint density at radius 3 is 1.89 bits per heavy atom. The number of fused-ring (bicyclic) bond motifs is 3. The van der Waals surface area contributed by atoms with E-state index in [1.165, 1.54) is 10.8 Å². The molecule has 0 aliphatic carbocycles. The molecule has 37 heavy (non-hydrogen) atoms. The van der Waals surface area contributed by atoms with Crippen molar-refractivity contribution in [3.8, 4) is 5.69 Å². The van der Waals surface area contributed by atoms with Gasteiger partial charge in [-0.25, -0.2) is 0 Å². The highest BCUT2D eigenvalue weighted by Crippen LogP contribution is 2.32. The Balaban J connectivity index is 0.000000349. The number of aromatic nitrogens is 1. The molecule has 0 radical (unpaired) electrons. The molecule has 1 aromatic heterocycles. The van der Waals surface area contributed by atoms with Gasteiger partial charge in [0.25, 0.3) is 0 Å². The van der Waals surface area contributed by atoms with E-state index in [1.54, 1.807) is 18.2 Å². The number of para-hydroxylation sites is 2. The maximum Gasteiger partial charge on any atom is 0.194 e. The predicted molar refractivity (Wildman–Crippen MR) is 157 cm³/mol. The van der Waals surface area contributed by atoms with Crippen molar-refractivity contribution in [2.45, 2.75) is 27.7 Å². The number of halogens is 2. The molecule has 0 bridgehead atoms. The van der Waals surface area contributed by atoms with Crippen molar-refractivity contribution >= 4 is 50.8 Å². The molecule has 5 heteroatoms. The first-order chi connectivity index (χ1) is 17.7. The third-order valence-corrected chi connectivity index (χ3v) is 6.44. The van der Waals surface area contributed by atoms with Crippen LogP contribution in [0.1, 0.15) is 43.6 Å². The molecule has 0 unspecified atom stereocenters. The smallest absolute Gasteiger partial charge is 0.194 e. The molecular weight excluding hydrogens is 501 g/mol. The standard InChI is InChI=1S/C25H15Cl2NO.C7H16O/c26-17-11-14-22(27)21(15-17)25(29)16-9-12-18(13-10-16)28-23-7-3-1-5-19(23)20-6-2-4-8-24(20)28;1-5-8-6-7(2,3)4/h1-15H;5-6H2,1-4H3. The molecule has 1 heterocycles. The number of hydrogen-bond acceptors (Lipinski definition) is 2. The first-order valence-corrected chi connectivity index (χ1v) is 13.1. The summed E-state index contributed by atoms with van der Waals surface area (Å²) in [6.07, 6.45) is 0. The van der Waals surface area contributed by atoms with Gasteiger partial charge in [-0.15, -0.1) is 0 Å². The van der Waals surface area contributed by atoms with Gasteiger partial charge in [-0.3, -0.25) is 4.79 Å². The van der Waals surface area contributed by atoms with Crippen LogP contribution in [0.3, 0.4) is 0 Å². The van der Waals surface area contributed by atoms with Crippen molar-refractivity contribution in [2.75, 3.05) is 13.2 Å². The summed E-state index contributed by atoms with van der Waals surface area (Å²) < 4.78 is 7.41. The zero-order chi connectivity index (χ0) is 26.6. The number of carbonyl (C=O) groups excluding carboxylic acids is 1. The van der Waals surface area contributed by atoms with Gasteiger partial charge in [-0.2, -0.15) is 0 Å². The van der Waals surface area contributed by atoms with Gasteiger partial charge in [0.15, 0.2) is 5.78 Å². The van der Waals surface area contributed by atoms with Crippen LogP contribution < -0.4 is 0 Å². The van der Waals surface area contributed by atoms with Crippen molar-refractivity contribution in [1.29, 1.82) is 0 Å². The zero-order valence-corrected chi connectivity index (χ0v) is 23.1. The van der Waals surface area contributed by atoms with Crippen LogP contribution in [0.25, 0.3) is 27.5 Å². The SMILES string of the molecule is CCOCC(C)(C)C.O=C(c1ccc(-n2c3ccccc3c3ccccc32)cc1)c1cc(Cl)ccc1Cl. The number of ether oxygens (including phenoxy) is 1. The van der Waals surface area contributed by atoms with Crippen LogP contribution in [-0.2, 0) is 4.74 Å². The summed E-state index contributed by atoms with van der Waals surface area (Å²) in [5.74, 6) is -0.147. The summed E-state index contributed by atoms with van der Waals surface area (Å²) >= 11 is 12.2. The highest BCUT2D eigenvalue weighted by molar-refractivity contribution is 6.36. The first-order valence-electron chi connectivity index (χ1n) is 12.4. The summed E-state index contributed by atoms with van der Waals surface area (Å²) in [6.45, 7) is 10.2. The summed E-state index contributed by atoms with van der Waals surface area (Å²) in [5, 5.41) is 3.29. The summed E-state index contributed by atoms with van der Waals surface area (Å²) in [5.41, 5.74) is 4.56. The summed E-state index contributed by atoms with van der Waals surface area (Å²) in [7, 11) is 0. The van der Waals surface area contributed by atoms with Gasteiger partial charge in [0.2, 0.25) is 0 Å². The maximum atomic E-state index is 12.9. The number of nitrogens with zero attached hydrogens (tertiary/aromatic N) is 1. The Bertz CT molecular complexity index is 1480. The molecule has 0 saturated heterocycles. The summed E-state index contributed by atoms with van der Waals surface area (Å²) in [4.78, 5) is 12.9. The van der Waals surface area contributed by atoms with E-state index < -0.39 is 0 Å². The Labute approximate surface area is 228 Å². The van der Waals surface area contributed by atoms with Crippen molar-refractivity contribution in [3.05, 3.63) is 112 Å². The highest BCUT2D eigenvalue weighted by atomic mass is 35.5. The van der Waals surface area contributed by atoms with Gasteiger partial charge < -0.3 is 9.30 Å². The molecule has 3 nitrogen and oxygen atoms in total. The quantitative estimate of drug-likeness (QED) is 0.211. The van der Waals surface area contributed by atoms with Gasteiger partial charge in [-0.05, 0) is 66.9 Å². The number of carbonyl (C=O) groups is 1. The van der Waals surface area contributed by atoms with Crippen molar-refractivity contribution < 1.29 is 9.53 Å². The molecule has 0 N–H and O–H groups in total. The molecule has 5 rings (SSSR count). The number of benzene rings is 4. The zero-order valence-electron chi connectivity index (χ0n) is 21.6. The lowest BCUT2D eigenvalue weighted by Gasteiger charge is -2.16. The van der Waals surface area contributed by atoms with Crippen molar-refractivity contribution in [1.82, 2.24) is 4.57 Å². The highest BCUT2D eigenvalue weighted by Gasteiger charge is 2.15. The molecule has 0 spiro atoms. The third kappa shape index (κ3) is 6.24. The molecule has 0 aliphatic rings. The van der Waals surface area contributed by atoms with Crippen LogP contribution in [0.2, 0.25) is 10.0 Å². The minimum Gasteiger partial charge on any atom is -0.381 e. The van der Waals surface area contributed by atoms with Gasteiger partial charge in [0.1, 0.15) is 0 Å². The minimum absolute atomic E-state index is 0.147. The van der Waals surface area contributed by atoms with E-state index in [0.717, 1.165) is 29.9 Å². The molecule has 0 atom stereocenters. The van der Waals surface area contributed by atoms with Gasteiger partial charge >= 0.3 is 0 Å². The molecule has 0 aliphatic heterocycles. The van der Waals surface area contributed by atoms with E-state index in [-0.39, 0.29) is 5.78 Å². The second-order valence-electron chi connectivity index (χ2n) is 10.1. The Morgan fingerprint density at radius 1 is 0.811 bits per heavy atom. The molecular formula is C32H31Cl2NO2. The lowest BCUT2D eigenvalue weighted by Crippen LogP contribution is -2.14. The Kier molecular flexibility index (Phi) is 8.39. The minimum atomic E-state index is -0.147. The van der Waals surface area contributed by atoms with E-state index >= 15 is 0 Å². The normalized spacial score (nSPS) is 11.4. The van der Waals surface area contributed by atoms with Crippen LogP contribution in [0, 0.1) is 5.41 Å². The number of hydrogen-bond donors (Lipinski definition) is 0. The fourth-order valence-corrected chi connectivity index (χ4v) is 4.57. The molecule has 5 aromatic rings. The predicted octanol–water partition coefficient (Wildman–Crippen LogP) is 9.39. The van der Waals surface area contributed by atoms with E-state index in [0.29, 0.717) is 26.6 Å². The first kappa shape index (κ1) is 26.9. The van der Waals surface area contributed by atoms with Crippen LogP contribution in [0.4, 0.5) is 0 Å². The Morgan fingerprint density at radius 2 is 1.38 bits per heavy atom. The maximum absolute atomic E-state index is 12.9. The van der Waals surface area contributed by atoms with E-state index in [4.69, 9.17) is 27.9 Å². The molecule has 0 saturated carbocycles. The summed E-state index contributed by atoms with van der Waals surface area (Å²) in [6, 6.07) is 29.2. The average Bonchev–Trinajstić information content (AvgIpc) is 3.23. The van der Waals surface area contributed by atoms with Gasteiger partial charge in [0.05, 0.1) is 22.7 Å². The number of ketones is 1. The lowest BCUT2D eigenvalue weighted by atomic mass is 9.99. The lowest BCUT2D eigenvalue weighted by molar-refractivity contribution is 0.0805.